The first-order valence-corrected chi connectivity index (χ1v) is 7.94. The van der Waals surface area contributed by atoms with Crippen molar-refractivity contribution in [2.24, 2.45) is 0 Å². The van der Waals surface area contributed by atoms with Crippen molar-refractivity contribution < 1.29 is 14.3 Å². The number of benzene rings is 2. The zero-order valence-corrected chi connectivity index (χ0v) is 13.4. The second kappa shape index (κ2) is 7.11. The Labute approximate surface area is 137 Å². The molecule has 0 atom stereocenters. The van der Waals surface area contributed by atoms with Gasteiger partial charge in [0.1, 0.15) is 16.5 Å². The molecule has 0 unspecified atom stereocenters. The molecule has 3 rings (SSSR count). The molecule has 0 fully saturated rings. The zero-order chi connectivity index (χ0) is 16.1. The maximum absolute atomic E-state index is 11.8. The van der Waals surface area contributed by atoms with Crippen LogP contribution in [0, 0.1) is 0 Å². The van der Waals surface area contributed by atoms with Crippen molar-refractivity contribution in [3.63, 3.8) is 0 Å². The lowest BCUT2D eigenvalue weighted by molar-refractivity contribution is -0.123. The Hall–Kier alpha value is -2.60. The molecular formula is C17H16N2O3S. The Morgan fingerprint density at radius 1 is 1.13 bits per heavy atom. The van der Waals surface area contributed by atoms with Crippen molar-refractivity contribution in [3.8, 4) is 11.5 Å². The van der Waals surface area contributed by atoms with Gasteiger partial charge in [-0.05, 0) is 36.4 Å². The molecule has 0 saturated heterocycles. The number of carbonyl (C=O) groups excluding carboxylic acids is 1. The van der Waals surface area contributed by atoms with E-state index in [-0.39, 0.29) is 12.5 Å². The molecule has 0 spiro atoms. The van der Waals surface area contributed by atoms with Crippen LogP contribution in [-0.4, -0.2) is 24.6 Å². The molecule has 1 aromatic heterocycles. The number of rotatable bonds is 6. The summed E-state index contributed by atoms with van der Waals surface area (Å²) in [5.41, 5.74) is 0.955. The topological polar surface area (TPSA) is 60.5 Å². The SMILES string of the molecule is COc1ccc(OCC(=O)NCc2nc3ccccc3s2)cc1. The number of fused-ring (bicyclic) bond motifs is 1. The fourth-order valence-corrected chi connectivity index (χ4v) is 2.95. The van der Waals surface area contributed by atoms with E-state index in [0.29, 0.717) is 12.3 Å². The van der Waals surface area contributed by atoms with E-state index >= 15 is 0 Å². The number of nitrogens with zero attached hydrogens (tertiary/aromatic N) is 1. The minimum atomic E-state index is -0.180. The molecule has 0 aliphatic carbocycles. The van der Waals surface area contributed by atoms with Gasteiger partial charge in [-0.2, -0.15) is 0 Å². The van der Waals surface area contributed by atoms with Gasteiger partial charge in [0, 0.05) is 0 Å². The fourth-order valence-electron chi connectivity index (χ4n) is 2.04. The number of aromatic nitrogens is 1. The molecule has 0 saturated carbocycles. The third-order valence-electron chi connectivity index (χ3n) is 3.20. The van der Waals surface area contributed by atoms with Crippen LogP contribution in [0.2, 0.25) is 0 Å². The highest BCUT2D eigenvalue weighted by atomic mass is 32.1. The monoisotopic (exact) mass is 328 g/mol. The molecule has 0 bridgehead atoms. The van der Waals surface area contributed by atoms with Crippen molar-refractivity contribution >= 4 is 27.5 Å². The molecule has 1 heterocycles. The first-order valence-electron chi connectivity index (χ1n) is 7.12. The van der Waals surface area contributed by atoms with Gasteiger partial charge in [-0.15, -0.1) is 11.3 Å². The summed E-state index contributed by atoms with van der Waals surface area (Å²) in [5.74, 6) is 1.19. The molecule has 118 valence electrons. The lowest BCUT2D eigenvalue weighted by atomic mass is 10.3. The van der Waals surface area contributed by atoms with E-state index in [1.165, 1.54) is 0 Å². The largest absolute Gasteiger partial charge is 0.497 e. The van der Waals surface area contributed by atoms with Crippen LogP contribution in [0.1, 0.15) is 5.01 Å². The van der Waals surface area contributed by atoms with E-state index in [9.17, 15) is 4.79 Å². The van der Waals surface area contributed by atoms with Crippen LogP contribution >= 0.6 is 11.3 Å². The van der Waals surface area contributed by atoms with E-state index in [0.717, 1.165) is 21.0 Å². The third-order valence-corrected chi connectivity index (χ3v) is 4.24. The van der Waals surface area contributed by atoms with Crippen LogP contribution in [0.15, 0.2) is 48.5 Å². The second-order valence-electron chi connectivity index (χ2n) is 4.82. The molecular weight excluding hydrogens is 312 g/mol. The Balaban J connectivity index is 1.49. The average molecular weight is 328 g/mol. The van der Waals surface area contributed by atoms with Gasteiger partial charge >= 0.3 is 0 Å². The second-order valence-corrected chi connectivity index (χ2v) is 5.93. The quantitative estimate of drug-likeness (QED) is 0.756. The van der Waals surface area contributed by atoms with Crippen LogP contribution in [-0.2, 0) is 11.3 Å². The summed E-state index contributed by atoms with van der Waals surface area (Å²) < 4.78 is 11.6. The van der Waals surface area contributed by atoms with Gasteiger partial charge in [-0.1, -0.05) is 12.1 Å². The Morgan fingerprint density at radius 2 is 1.87 bits per heavy atom. The first kappa shape index (κ1) is 15.3. The molecule has 1 N–H and O–H groups in total. The smallest absolute Gasteiger partial charge is 0.258 e. The van der Waals surface area contributed by atoms with Crippen molar-refractivity contribution in [1.29, 1.82) is 0 Å². The summed E-state index contributed by atoms with van der Waals surface area (Å²) >= 11 is 1.58. The minimum Gasteiger partial charge on any atom is -0.497 e. The van der Waals surface area contributed by atoms with Gasteiger partial charge in [0.15, 0.2) is 6.61 Å². The number of amides is 1. The van der Waals surface area contributed by atoms with Gasteiger partial charge in [0.2, 0.25) is 0 Å². The van der Waals surface area contributed by atoms with Crippen LogP contribution in [0.3, 0.4) is 0 Å². The molecule has 1 amide bonds. The highest BCUT2D eigenvalue weighted by Crippen LogP contribution is 2.21. The highest BCUT2D eigenvalue weighted by molar-refractivity contribution is 7.18. The minimum absolute atomic E-state index is 0.0305. The standard InChI is InChI=1S/C17H16N2O3S/c1-21-12-6-8-13(9-7-12)22-11-16(20)18-10-17-19-14-4-2-3-5-15(14)23-17/h2-9H,10-11H2,1H3,(H,18,20). The van der Waals surface area contributed by atoms with Crippen LogP contribution in [0.25, 0.3) is 10.2 Å². The van der Waals surface area contributed by atoms with E-state index in [4.69, 9.17) is 9.47 Å². The number of carbonyl (C=O) groups is 1. The Kier molecular flexibility index (Phi) is 4.73. The summed E-state index contributed by atoms with van der Waals surface area (Å²) in [7, 11) is 1.60. The number of hydrogen-bond acceptors (Lipinski definition) is 5. The van der Waals surface area contributed by atoms with Crippen molar-refractivity contribution in [2.75, 3.05) is 13.7 Å². The van der Waals surface area contributed by atoms with E-state index in [2.05, 4.69) is 10.3 Å². The van der Waals surface area contributed by atoms with Gasteiger partial charge in [-0.25, -0.2) is 4.98 Å². The van der Waals surface area contributed by atoms with Gasteiger partial charge in [0.25, 0.3) is 5.91 Å². The summed E-state index contributed by atoms with van der Waals surface area (Å²) in [5, 5.41) is 3.69. The number of thiazole rings is 1. The average Bonchev–Trinajstić information content (AvgIpc) is 3.01. The summed E-state index contributed by atoms with van der Waals surface area (Å²) in [4.78, 5) is 16.3. The number of para-hydroxylation sites is 1. The van der Waals surface area contributed by atoms with Gasteiger partial charge in [-0.3, -0.25) is 4.79 Å². The highest BCUT2D eigenvalue weighted by Gasteiger charge is 2.06. The predicted molar refractivity (Wildman–Crippen MR) is 90.0 cm³/mol. The molecule has 0 aliphatic heterocycles. The fraction of sp³-hybridized carbons (Fsp3) is 0.176. The molecule has 0 aliphatic rings. The van der Waals surface area contributed by atoms with E-state index < -0.39 is 0 Å². The summed E-state index contributed by atoms with van der Waals surface area (Å²) in [6, 6.07) is 15.0. The van der Waals surface area contributed by atoms with E-state index in [1.807, 2.05) is 24.3 Å². The molecule has 23 heavy (non-hydrogen) atoms. The van der Waals surface area contributed by atoms with Crippen LogP contribution in [0.4, 0.5) is 0 Å². The lowest BCUT2D eigenvalue weighted by Gasteiger charge is -2.07. The number of methoxy groups -OCH3 is 1. The van der Waals surface area contributed by atoms with Crippen molar-refractivity contribution in [1.82, 2.24) is 10.3 Å². The normalized spacial score (nSPS) is 10.5. The Morgan fingerprint density at radius 3 is 2.61 bits per heavy atom. The van der Waals surface area contributed by atoms with Crippen LogP contribution in [0.5, 0.6) is 11.5 Å². The number of nitrogens with one attached hydrogen (secondary N) is 1. The van der Waals surface area contributed by atoms with E-state index in [1.54, 1.807) is 42.7 Å². The van der Waals surface area contributed by atoms with Crippen molar-refractivity contribution in [2.45, 2.75) is 6.54 Å². The van der Waals surface area contributed by atoms with Gasteiger partial charge < -0.3 is 14.8 Å². The molecule has 2 aromatic carbocycles. The Bertz CT molecular complexity index is 766. The molecule has 0 radical (unpaired) electrons. The van der Waals surface area contributed by atoms with Gasteiger partial charge in [0.05, 0.1) is 23.9 Å². The zero-order valence-electron chi connectivity index (χ0n) is 12.6. The summed E-state index contributed by atoms with van der Waals surface area (Å²) in [6.45, 7) is 0.376. The van der Waals surface area contributed by atoms with Crippen LogP contribution < -0.4 is 14.8 Å². The summed E-state index contributed by atoms with van der Waals surface area (Å²) in [6.07, 6.45) is 0. The molecule has 5 nitrogen and oxygen atoms in total. The number of hydrogen-bond donors (Lipinski definition) is 1. The molecule has 6 heteroatoms. The third kappa shape index (κ3) is 3.98. The maximum Gasteiger partial charge on any atom is 0.258 e. The van der Waals surface area contributed by atoms with Crippen molar-refractivity contribution in [3.05, 3.63) is 53.5 Å². The number of ether oxygens (including phenoxy) is 2. The predicted octanol–water partition coefficient (Wildman–Crippen LogP) is 3.00. The maximum atomic E-state index is 11.8. The first-order chi connectivity index (χ1) is 11.2. The molecule has 3 aromatic rings. The lowest BCUT2D eigenvalue weighted by Crippen LogP contribution is -2.28.